The van der Waals surface area contributed by atoms with E-state index in [4.69, 9.17) is 5.73 Å². The molecule has 5 N–H and O–H groups in total. The van der Waals surface area contributed by atoms with Crippen LogP contribution < -0.4 is 5.73 Å². The second-order valence-corrected chi connectivity index (χ2v) is 8.76. The molecule has 28 heavy (non-hydrogen) atoms. The summed E-state index contributed by atoms with van der Waals surface area (Å²) < 4.78 is 0. The Labute approximate surface area is 175 Å². The highest BCUT2D eigenvalue weighted by atomic mass is 16.3. The molecule has 0 aromatic heterocycles. The molecule has 0 spiro atoms. The lowest BCUT2D eigenvalue weighted by Crippen LogP contribution is -2.25. The molecule has 0 heterocycles. The summed E-state index contributed by atoms with van der Waals surface area (Å²) in [6, 6.07) is 0. The van der Waals surface area contributed by atoms with Crippen LogP contribution in [-0.4, -0.2) is 41.7 Å². The highest BCUT2D eigenvalue weighted by molar-refractivity contribution is 4.79. The number of rotatable bonds is 23. The summed E-state index contributed by atoms with van der Waals surface area (Å²) in [6.07, 6.45) is 23.1. The van der Waals surface area contributed by atoms with E-state index in [9.17, 15) is 15.3 Å². The molecule has 0 bridgehead atoms. The number of nitrogens with two attached hydrogens (primary N) is 1. The van der Waals surface area contributed by atoms with Crippen LogP contribution in [0.25, 0.3) is 0 Å². The van der Waals surface area contributed by atoms with Crippen LogP contribution in [0.5, 0.6) is 0 Å². The van der Waals surface area contributed by atoms with E-state index in [1.807, 2.05) is 0 Å². The quantitative estimate of drug-likeness (QED) is 0.175. The number of unbranched alkanes of at least 4 members (excludes halogenated alkanes) is 14. The molecule has 4 nitrogen and oxygen atoms in total. The van der Waals surface area contributed by atoms with Crippen LogP contribution in [0.1, 0.15) is 122 Å². The van der Waals surface area contributed by atoms with Crippen molar-refractivity contribution in [3.05, 3.63) is 0 Å². The molecule has 0 radical (unpaired) electrons. The molecular formula is C24H51NO3. The molecule has 0 saturated heterocycles. The monoisotopic (exact) mass is 401 g/mol. The van der Waals surface area contributed by atoms with E-state index in [0.29, 0.717) is 19.3 Å². The molecule has 0 aromatic carbocycles. The van der Waals surface area contributed by atoms with E-state index < -0.39 is 0 Å². The normalized spacial score (nSPS) is 12.0. The number of aliphatic hydroxyl groups excluding tert-OH is 3. The van der Waals surface area contributed by atoms with Crippen LogP contribution in [0.2, 0.25) is 0 Å². The fourth-order valence-electron chi connectivity index (χ4n) is 4.40. The summed E-state index contributed by atoms with van der Waals surface area (Å²) in [5.74, 6) is 0. The molecule has 0 amide bonds. The number of hydrogen-bond donors (Lipinski definition) is 4. The van der Waals surface area contributed by atoms with Gasteiger partial charge >= 0.3 is 0 Å². The third-order valence-corrected chi connectivity index (χ3v) is 6.34. The maximum atomic E-state index is 9.32. The van der Waals surface area contributed by atoms with Gasteiger partial charge in [-0.1, -0.05) is 89.9 Å². The Morgan fingerprint density at radius 2 is 0.679 bits per heavy atom. The van der Waals surface area contributed by atoms with Crippen molar-refractivity contribution in [2.45, 2.75) is 122 Å². The fraction of sp³-hybridized carbons (Fsp3) is 1.00. The van der Waals surface area contributed by atoms with Crippen LogP contribution in [-0.2, 0) is 0 Å². The Kier molecular flexibility index (Phi) is 21.4. The summed E-state index contributed by atoms with van der Waals surface area (Å²) in [7, 11) is 0. The van der Waals surface area contributed by atoms with Crippen LogP contribution in [0, 0.1) is 5.41 Å². The van der Waals surface area contributed by atoms with Gasteiger partial charge in [-0.3, -0.25) is 0 Å². The third kappa shape index (κ3) is 16.8. The first kappa shape index (κ1) is 27.8. The minimum Gasteiger partial charge on any atom is -0.396 e. The second kappa shape index (κ2) is 21.5. The van der Waals surface area contributed by atoms with Crippen LogP contribution >= 0.6 is 0 Å². The minimum atomic E-state index is -0.0668. The zero-order chi connectivity index (χ0) is 20.8. The molecule has 0 unspecified atom stereocenters. The van der Waals surface area contributed by atoms with E-state index in [2.05, 4.69) is 0 Å². The molecule has 0 atom stereocenters. The smallest absolute Gasteiger partial charge is 0.0436 e. The fourth-order valence-corrected chi connectivity index (χ4v) is 4.40. The maximum Gasteiger partial charge on any atom is 0.0436 e. The van der Waals surface area contributed by atoms with Crippen LogP contribution in [0.15, 0.2) is 0 Å². The Morgan fingerprint density at radius 1 is 0.393 bits per heavy atom. The van der Waals surface area contributed by atoms with Gasteiger partial charge in [0.1, 0.15) is 0 Å². The van der Waals surface area contributed by atoms with Gasteiger partial charge in [-0.2, -0.15) is 0 Å². The Hall–Kier alpha value is -0.160. The SMILES string of the molecule is NCCCCCCCCCCCCCCCCCC(CCO)(CCO)CCO. The summed E-state index contributed by atoms with van der Waals surface area (Å²) in [6.45, 7) is 1.29. The van der Waals surface area contributed by atoms with Gasteiger partial charge in [0.15, 0.2) is 0 Å². The van der Waals surface area contributed by atoms with E-state index in [1.165, 1.54) is 89.9 Å². The first-order valence-electron chi connectivity index (χ1n) is 12.3. The molecule has 0 aliphatic rings. The molecule has 0 fully saturated rings. The number of hydrogen-bond acceptors (Lipinski definition) is 4. The van der Waals surface area contributed by atoms with Crippen LogP contribution in [0.4, 0.5) is 0 Å². The number of aliphatic hydroxyl groups is 3. The van der Waals surface area contributed by atoms with E-state index >= 15 is 0 Å². The van der Waals surface area contributed by atoms with Crippen molar-refractivity contribution >= 4 is 0 Å². The minimum absolute atomic E-state index is 0.0668. The topological polar surface area (TPSA) is 86.7 Å². The molecule has 0 aliphatic heterocycles. The van der Waals surface area contributed by atoms with Crippen molar-refractivity contribution in [3.63, 3.8) is 0 Å². The van der Waals surface area contributed by atoms with Crippen LogP contribution in [0.3, 0.4) is 0 Å². The Balaban J connectivity index is 3.46. The molecular weight excluding hydrogens is 350 g/mol. The highest BCUT2D eigenvalue weighted by Crippen LogP contribution is 2.36. The van der Waals surface area contributed by atoms with Gasteiger partial charge in [0, 0.05) is 19.8 Å². The standard InChI is InChI=1S/C24H51NO3/c25-20-15-13-11-9-7-5-3-1-2-4-6-8-10-12-14-16-24(17-21-26,18-22-27)19-23-28/h26-28H,1-23,25H2. The lowest BCUT2D eigenvalue weighted by Gasteiger charge is -2.32. The summed E-state index contributed by atoms with van der Waals surface area (Å²) >= 11 is 0. The maximum absolute atomic E-state index is 9.32. The van der Waals surface area contributed by atoms with Gasteiger partial charge < -0.3 is 21.1 Å². The molecule has 0 rings (SSSR count). The average molecular weight is 402 g/mol. The second-order valence-electron chi connectivity index (χ2n) is 8.76. The summed E-state index contributed by atoms with van der Waals surface area (Å²) in [5.41, 5.74) is 5.44. The Bertz CT molecular complexity index is 283. The van der Waals surface area contributed by atoms with Crippen molar-refractivity contribution in [1.29, 1.82) is 0 Å². The van der Waals surface area contributed by atoms with Crippen molar-refractivity contribution in [1.82, 2.24) is 0 Å². The zero-order valence-corrected chi connectivity index (χ0v) is 18.7. The molecule has 0 saturated carbocycles. The average Bonchev–Trinajstić information content (AvgIpc) is 2.68. The highest BCUT2D eigenvalue weighted by Gasteiger charge is 2.27. The van der Waals surface area contributed by atoms with Gasteiger partial charge in [0.05, 0.1) is 0 Å². The first-order chi connectivity index (χ1) is 13.7. The zero-order valence-electron chi connectivity index (χ0n) is 18.7. The molecule has 170 valence electrons. The predicted octanol–water partition coefficient (Wildman–Crippen LogP) is 5.32. The molecule has 0 aliphatic carbocycles. The van der Waals surface area contributed by atoms with E-state index in [0.717, 1.165) is 19.4 Å². The van der Waals surface area contributed by atoms with Crippen molar-refractivity contribution < 1.29 is 15.3 Å². The van der Waals surface area contributed by atoms with Crippen molar-refractivity contribution in [2.75, 3.05) is 26.4 Å². The summed E-state index contributed by atoms with van der Waals surface area (Å²) in [4.78, 5) is 0. The van der Waals surface area contributed by atoms with Gasteiger partial charge in [0.2, 0.25) is 0 Å². The van der Waals surface area contributed by atoms with Crippen molar-refractivity contribution in [2.24, 2.45) is 11.1 Å². The lowest BCUT2D eigenvalue weighted by atomic mass is 9.74. The van der Waals surface area contributed by atoms with Gasteiger partial charge in [0.25, 0.3) is 0 Å². The Morgan fingerprint density at radius 3 is 0.964 bits per heavy atom. The molecule has 0 aromatic rings. The third-order valence-electron chi connectivity index (χ3n) is 6.34. The van der Waals surface area contributed by atoms with E-state index in [-0.39, 0.29) is 25.2 Å². The predicted molar refractivity (Wildman–Crippen MR) is 120 cm³/mol. The largest absolute Gasteiger partial charge is 0.396 e. The molecule has 4 heteroatoms. The summed E-state index contributed by atoms with van der Waals surface area (Å²) in [5, 5.41) is 28.0. The van der Waals surface area contributed by atoms with Gasteiger partial charge in [-0.25, -0.2) is 0 Å². The van der Waals surface area contributed by atoms with Gasteiger partial charge in [-0.15, -0.1) is 0 Å². The van der Waals surface area contributed by atoms with Gasteiger partial charge in [-0.05, 0) is 44.1 Å². The lowest BCUT2D eigenvalue weighted by molar-refractivity contribution is 0.0885. The van der Waals surface area contributed by atoms with E-state index in [1.54, 1.807) is 0 Å². The first-order valence-corrected chi connectivity index (χ1v) is 12.3. The van der Waals surface area contributed by atoms with Crippen molar-refractivity contribution in [3.8, 4) is 0 Å².